The van der Waals surface area contributed by atoms with E-state index in [1.807, 2.05) is 42.5 Å². The van der Waals surface area contributed by atoms with E-state index in [2.05, 4.69) is 35.6 Å². The quantitative estimate of drug-likeness (QED) is 0.0367. The fourth-order valence-electron chi connectivity index (χ4n) is 9.60. The van der Waals surface area contributed by atoms with Gasteiger partial charge >= 0.3 is 36.1 Å². The number of carbonyl (C=O) groups is 6. The number of carboxylic acids is 2. The summed E-state index contributed by atoms with van der Waals surface area (Å²) in [5.41, 5.74) is 4.47. The number of carboxylic acid groups (broad SMARTS) is 2. The largest absolute Gasteiger partial charge is 0.480 e. The lowest BCUT2D eigenvalue weighted by molar-refractivity contribution is -0.153. The summed E-state index contributed by atoms with van der Waals surface area (Å²) in [5.74, 6) is -2.30. The number of ether oxygens (including phenoxy) is 4. The molecule has 4 aromatic rings. The molecule has 4 fully saturated rings. The number of carbonyl (C=O) groups excluding carboxylic acids is 4. The highest BCUT2D eigenvalue weighted by atomic mass is 16.7. The van der Waals surface area contributed by atoms with Crippen molar-refractivity contribution in [2.45, 2.75) is 57.2 Å². The molecular weight excluding hydrogens is 1010 g/mol. The Morgan fingerprint density at radius 3 is 1.63 bits per heavy atom. The summed E-state index contributed by atoms with van der Waals surface area (Å²) >= 11 is 0. The van der Waals surface area contributed by atoms with Crippen molar-refractivity contribution in [2.75, 3.05) is 107 Å². The van der Waals surface area contributed by atoms with Gasteiger partial charge in [-0.05, 0) is 80.6 Å². The van der Waals surface area contributed by atoms with Gasteiger partial charge in [-0.3, -0.25) is 64.0 Å². The Morgan fingerprint density at radius 1 is 0.692 bits per heavy atom. The maximum Gasteiger partial charge on any atom is 0.414 e. The van der Waals surface area contributed by atoms with Crippen LogP contribution in [0, 0.1) is 5.41 Å². The lowest BCUT2D eigenvalue weighted by Crippen LogP contribution is -2.54. The van der Waals surface area contributed by atoms with Crippen molar-refractivity contribution in [3.05, 3.63) is 114 Å². The van der Waals surface area contributed by atoms with Gasteiger partial charge in [-0.15, -0.1) is 0 Å². The molecule has 25 nitrogen and oxygen atoms in total. The van der Waals surface area contributed by atoms with Gasteiger partial charge in [0.1, 0.15) is 30.1 Å². The van der Waals surface area contributed by atoms with Gasteiger partial charge in [0.2, 0.25) is 6.23 Å². The fraction of sp³-hybridized carbons (Fsp3) is 0.434. The first-order chi connectivity index (χ1) is 37.7. The van der Waals surface area contributed by atoms with Crippen LogP contribution in [0.3, 0.4) is 0 Å². The molecule has 0 spiro atoms. The molecule has 25 heteroatoms. The average Bonchev–Trinajstić information content (AvgIpc) is 4.19. The molecule has 0 bridgehead atoms. The van der Waals surface area contributed by atoms with Gasteiger partial charge in [-0.2, -0.15) is 0 Å². The smallest absolute Gasteiger partial charge is 0.414 e. The second-order valence-corrected chi connectivity index (χ2v) is 18.8. The van der Waals surface area contributed by atoms with Gasteiger partial charge in [0.15, 0.2) is 5.84 Å². The van der Waals surface area contributed by atoms with E-state index in [9.17, 15) is 39.0 Å². The topological polar surface area (TPSA) is 295 Å². The number of anilines is 3. The Labute approximate surface area is 450 Å². The number of pyridine rings is 2. The van der Waals surface area contributed by atoms with Crippen LogP contribution in [0.25, 0.3) is 0 Å². The molecule has 4 saturated heterocycles. The van der Waals surface area contributed by atoms with Crippen molar-refractivity contribution in [3.63, 3.8) is 0 Å². The predicted molar refractivity (Wildman–Crippen MR) is 282 cm³/mol. The molecule has 2 aromatic carbocycles. The van der Waals surface area contributed by atoms with Gasteiger partial charge < -0.3 is 44.6 Å². The van der Waals surface area contributed by atoms with Crippen LogP contribution in [-0.2, 0) is 43.0 Å². The lowest BCUT2D eigenvalue weighted by atomic mass is 10.1. The van der Waals surface area contributed by atoms with Crippen LogP contribution in [0.5, 0.6) is 0 Å². The summed E-state index contributed by atoms with van der Waals surface area (Å²) in [6.07, 6.45) is 4.46. The molecule has 0 aliphatic carbocycles. The summed E-state index contributed by atoms with van der Waals surface area (Å²) in [5, 5.41) is 37.8. The number of hydrogen-bond donors (Lipinski definition) is 5. The Morgan fingerprint density at radius 2 is 1.18 bits per heavy atom. The number of esters is 2. The number of piperazine rings is 2. The minimum atomic E-state index is -1.04. The Hall–Kier alpha value is -8.26. The van der Waals surface area contributed by atoms with Crippen molar-refractivity contribution in [3.8, 4) is 0 Å². The average molecular weight is 1080 g/mol. The van der Waals surface area contributed by atoms with E-state index >= 15 is 0 Å². The minimum absolute atomic E-state index is 0.182. The van der Waals surface area contributed by atoms with Crippen LogP contribution >= 0.6 is 0 Å². The molecule has 0 radical (unpaired) electrons. The zero-order valence-corrected chi connectivity index (χ0v) is 43.3. The molecule has 5 atom stereocenters. The number of rotatable bonds is 20. The van der Waals surface area contributed by atoms with E-state index in [0.29, 0.717) is 107 Å². The van der Waals surface area contributed by atoms with Gasteiger partial charge in [0, 0.05) is 112 Å². The maximum absolute atomic E-state index is 12.6. The number of aromatic nitrogens is 2. The lowest BCUT2D eigenvalue weighted by Gasteiger charge is -2.37. The second-order valence-electron chi connectivity index (χ2n) is 18.8. The summed E-state index contributed by atoms with van der Waals surface area (Å²) in [7, 11) is 0. The molecule has 78 heavy (non-hydrogen) atoms. The first-order valence-corrected chi connectivity index (χ1v) is 25.8. The van der Waals surface area contributed by atoms with Crippen molar-refractivity contribution < 1.29 is 62.8 Å². The van der Waals surface area contributed by atoms with Crippen molar-refractivity contribution in [1.29, 1.82) is 5.41 Å². The monoisotopic (exact) mass is 1080 g/mol. The molecule has 5 N–H and O–H groups in total. The summed E-state index contributed by atoms with van der Waals surface area (Å²) < 4.78 is 21.1. The van der Waals surface area contributed by atoms with Crippen LogP contribution in [-0.4, -0.2) is 204 Å². The minimum Gasteiger partial charge on any atom is -0.480 e. The SMILES string of the molecule is CCOC(=O)CC(C(=O)O)N1CCN(CC2CN(c3ccc(C(=N)Nc4cccnc4)cc3)C(=O)O2)CC1.CCOC(=O)CC(C(=O)O)N1CCN(CC2CN(c3ccc(C4=NOC(c5cccnc5)N4)cc3)C(=O)O2)CC1. The van der Waals surface area contributed by atoms with Gasteiger partial charge in [0.25, 0.3) is 0 Å². The van der Waals surface area contributed by atoms with E-state index in [0.717, 1.165) is 11.1 Å². The Kier molecular flexibility index (Phi) is 19.1. The molecule has 9 rings (SSSR count). The van der Waals surface area contributed by atoms with E-state index in [-0.39, 0.29) is 44.1 Å². The van der Waals surface area contributed by atoms with Crippen LogP contribution in [0.15, 0.2) is 103 Å². The third-order valence-electron chi connectivity index (χ3n) is 13.6. The zero-order valence-electron chi connectivity index (χ0n) is 43.3. The Bertz CT molecular complexity index is 2740. The molecule has 5 unspecified atom stereocenters. The van der Waals surface area contributed by atoms with Crippen LogP contribution in [0.4, 0.5) is 26.7 Å². The Balaban J connectivity index is 0.000000206. The number of cyclic esters (lactones) is 2. The number of benzene rings is 2. The fourth-order valence-corrected chi connectivity index (χ4v) is 9.60. The number of aliphatic carboxylic acids is 2. The highest BCUT2D eigenvalue weighted by Gasteiger charge is 2.38. The summed E-state index contributed by atoms with van der Waals surface area (Å²) in [6.45, 7) is 10.0. The standard InChI is InChI=1S/C27H32N6O7.C26H32N6O6/c1-2-38-23(34)14-22(26(35)36)32-12-10-31(11-13-32)16-21-17-33(27(37)39-21)20-7-5-18(6-8-20)24-29-25(40-30-24)19-4-3-9-28-15-19;1-2-37-23(33)14-22(25(34)35)31-12-10-30(11-13-31)16-21-17-32(26(36)38-21)20-7-5-18(6-8-20)24(27)29-19-4-3-9-28-15-19/h3-9,15,21-22,25H,2,10-14,16-17H2,1H3,(H,29,30)(H,35,36);3-9,15,21-22H,2,10-14,16-17H2,1H3,(H2,27,29)(H,34,35). The van der Waals surface area contributed by atoms with E-state index in [1.165, 1.54) is 0 Å². The molecule has 0 saturated carbocycles. The maximum atomic E-state index is 12.6. The number of hydrogen-bond acceptors (Lipinski definition) is 20. The molecule has 7 heterocycles. The molecular formula is C53H64N12O13. The number of nitrogens with zero attached hydrogens (tertiary/aromatic N) is 9. The summed E-state index contributed by atoms with van der Waals surface area (Å²) in [4.78, 5) is 96.9. The summed E-state index contributed by atoms with van der Waals surface area (Å²) in [6, 6.07) is 20.0. The van der Waals surface area contributed by atoms with Crippen molar-refractivity contribution in [2.24, 2.45) is 5.16 Å². The normalized spacial score (nSPS) is 20.6. The zero-order chi connectivity index (χ0) is 55.1. The van der Waals surface area contributed by atoms with Crippen molar-refractivity contribution in [1.82, 2.24) is 34.9 Å². The van der Waals surface area contributed by atoms with Gasteiger partial charge in [-0.25, -0.2) is 9.59 Å². The van der Waals surface area contributed by atoms with Gasteiger partial charge in [-0.1, -0.05) is 11.2 Å². The molecule has 2 amide bonds. The van der Waals surface area contributed by atoms with Crippen LogP contribution < -0.4 is 20.4 Å². The highest BCUT2D eigenvalue weighted by molar-refractivity contribution is 6.06. The number of oxime groups is 1. The van der Waals surface area contributed by atoms with E-state index < -0.39 is 54.4 Å². The molecule has 2 aromatic heterocycles. The number of amides is 2. The van der Waals surface area contributed by atoms with E-state index in [4.69, 9.17) is 29.2 Å². The first-order valence-electron chi connectivity index (χ1n) is 25.8. The van der Waals surface area contributed by atoms with E-state index in [1.54, 1.807) is 88.6 Å². The first kappa shape index (κ1) is 56.0. The molecule has 414 valence electrons. The van der Waals surface area contributed by atoms with Crippen LogP contribution in [0.2, 0.25) is 0 Å². The van der Waals surface area contributed by atoms with Crippen LogP contribution in [0.1, 0.15) is 49.6 Å². The number of nitrogens with one attached hydrogen (secondary N) is 3. The predicted octanol–water partition coefficient (Wildman–Crippen LogP) is 3.28. The third kappa shape index (κ3) is 14.8. The second kappa shape index (κ2) is 26.7. The molecule has 5 aliphatic heterocycles. The third-order valence-corrected chi connectivity index (χ3v) is 13.6. The van der Waals surface area contributed by atoms with Crippen molar-refractivity contribution >= 4 is 64.8 Å². The molecule has 5 aliphatic rings. The van der Waals surface area contributed by atoms with Gasteiger partial charge in [0.05, 0.1) is 51.0 Å². The number of amidine groups is 2. The highest BCUT2D eigenvalue weighted by Crippen LogP contribution is 2.27.